The Balaban J connectivity index is 2.23. The molecular formula is C13H11BrO5. The van der Waals surface area contributed by atoms with Gasteiger partial charge in [0.05, 0.1) is 11.0 Å². The fourth-order valence-electron chi connectivity index (χ4n) is 2.65. The summed E-state index contributed by atoms with van der Waals surface area (Å²) in [6.07, 6.45) is 2.70. The molecule has 1 aromatic rings. The second-order valence-electron chi connectivity index (χ2n) is 4.74. The first-order chi connectivity index (χ1) is 9.10. The first kappa shape index (κ1) is 12.5. The van der Waals surface area contributed by atoms with Crippen molar-refractivity contribution in [2.75, 3.05) is 6.79 Å². The third-order valence-electron chi connectivity index (χ3n) is 3.88. The van der Waals surface area contributed by atoms with E-state index in [0.29, 0.717) is 46.2 Å². The molecular weight excluding hydrogens is 316 g/mol. The molecule has 5 nitrogen and oxygen atoms in total. The summed E-state index contributed by atoms with van der Waals surface area (Å²) in [6, 6.07) is 1.67. The Bertz CT molecular complexity index is 577. The number of aldehydes is 1. The SMILES string of the molecule is O=Cc1c(Br)cc(C2(C(=O)O)CCC2)c2c1OCO2. The van der Waals surface area contributed by atoms with Gasteiger partial charge in [-0.15, -0.1) is 0 Å². The van der Waals surface area contributed by atoms with Gasteiger partial charge in [-0.1, -0.05) is 6.42 Å². The predicted molar refractivity (Wildman–Crippen MR) is 68.8 cm³/mol. The molecule has 0 amide bonds. The highest BCUT2D eigenvalue weighted by atomic mass is 79.9. The fraction of sp³-hybridized carbons (Fsp3) is 0.385. The van der Waals surface area contributed by atoms with Gasteiger partial charge < -0.3 is 14.6 Å². The molecule has 1 aromatic carbocycles. The van der Waals surface area contributed by atoms with Crippen molar-refractivity contribution < 1.29 is 24.2 Å². The second kappa shape index (κ2) is 4.23. The molecule has 0 bridgehead atoms. The van der Waals surface area contributed by atoms with Crippen molar-refractivity contribution in [2.24, 2.45) is 0 Å². The van der Waals surface area contributed by atoms with E-state index in [1.165, 1.54) is 0 Å². The molecule has 2 aliphatic rings. The maximum Gasteiger partial charge on any atom is 0.314 e. The number of fused-ring (bicyclic) bond motifs is 1. The normalized spacial score (nSPS) is 18.8. The van der Waals surface area contributed by atoms with E-state index in [0.717, 1.165) is 6.42 Å². The van der Waals surface area contributed by atoms with Crippen molar-refractivity contribution in [3.8, 4) is 11.5 Å². The van der Waals surface area contributed by atoms with Crippen molar-refractivity contribution in [1.29, 1.82) is 0 Å². The third kappa shape index (κ3) is 1.59. The van der Waals surface area contributed by atoms with Crippen LogP contribution < -0.4 is 9.47 Å². The fourth-order valence-corrected chi connectivity index (χ4v) is 3.15. The molecule has 0 unspecified atom stereocenters. The van der Waals surface area contributed by atoms with Gasteiger partial charge in [-0.25, -0.2) is 0 Å². The predicted octanol–water partition coefficient (Wildman–Crippen LogP) is 2.50. The summed E-state index contributed by atoms with van der Waals surface area (Å²) in [4.78, 5) is 22.7. The molecule has 1 fully saturated rings. The van der Waals surface area contributed by atoms with E-state index >= 15 is 0 Å². The van der Waals surface area contributed by atoms with Gasteiger partial charge in [0.25, 0.3) is 0 Å². The lowest BCUT2D eigenvalue weighted by Gasteiger charge is -2.38. The number of ether oxygens (including phenoxy) is 2. The zero-order chi connectivity index (χ0) is 13.6. The Morgan fingerprint density at radius 1 is 1.37 bits per heavy atom. The van der Waals surface area contributed by atoms with Crippen LogP contribution in [0.4, 0.5) is 0 Å². The van der Waals surface area contributed by atoms with Crippen molar-refractivity contribution >= 4 is 28.2 Å². The Morgan fingerprint density at radius 3 is 2.58 bits per heavy atom. The lowest BCUT2D eigenvalue weighted by atomic mass is 9.64. The van der Waals surface area contributed by atoms with E-state index in [1.807, 2.05) is 0 Å². The molecule has 3 rings (SSSR count). The van der Waals surface area contributed by atoms with Crippen LogP contribution in [0.1, 0.15) is 35.2 Å². The van der Waals surface area contributed by atoms with E-state index < -0.39 is 11.4 Å². The monoisotopic (exact) mass is 326 g/mol. The second-order valence-corrected chi connectivity index (χ2v) is 5.60. The minimum atomic E-state index is -0.915. The van der Waals surface area contributed by atoms with E-state index in [1.54, 1.807) is 6.07 Å². The van der Waals surface area contributed by atoms with Crippen LogP contribution in [-0.4, -0.2) is 24.2 Å². The molecule has 1 aliphatic carbocycles. The molecule has 100 valence electrons. The smallest absolute Gasteiger partial charge is 0.314 e. The maximum absolute atomic E-state index is 11.6. The molecule has 1 saturated carbocycles. The minimum absolute atomic E-state index is 0.00925. The number of hydrogen-bond acceptors (Lipinski definition) is 4. The van der Waals surface area contributed by atoms with E-state index in [-0.39, 0.29) is 6.79 Å². The molecule has 19 heavy (non-hydrogen) atoms. The molecule has 0 atom stereocenters. The minimum Gasteiger partial charge on any atom is -0.481 e. The van der Waals surface area contributed by atoms with Crippen LogP contribution >= 0.6 is 15.9 Å². The molecule has 1 heterocycles. The largest absolute Gasteiger partial charge is 0.481 e. The van der Waals surface area contributed by atoms with Crippen molar-refractivity contribution in [3.63, 3.8) is 0 Å². The zero-order valence-corrected chi connectivity index (χ0v) is 11.5. The summed E-state index contributed by atoms with van der Waals surface area (Å²) in [5, 5.41) is 9.50. The number of carbonyl (C=O) groups is 2. The van der Waals surface area contributed by atoms with Crippen LogP contribution in [0.3, 0.4) is 0 Å². The highest BCUT2D eigenvalue weighted by Gasteiger charge is 2.49. The van der Waals surface area contributed by atoms with Gasteiger partial charge in [0.1, 0.15) is 0 Å². The summed E-state index contributed by atoms with van der Waals surface area (Å²) >= 11 is 3.30. The first-order valence-electron chi connectivity index (χ1n) is 5.91. The van der Waals surface area contributed by atoms with Crippen LogP contribution in [0, 0.1) is 0 Å². The number of hydrogen-bond donors (Lipinski definition) is 1. The number of carbonyl (C=O) groups excluding carboxylic acids is 1. The van der Waals surface area contributed by atoms with Gasteiger partial charge in [-0.3, -0.25) is 9.59 Å². The topological polar surface area (TPSA) is 72.8 Å². The van der Waals surface area contributed by atoms with E-state index in [2.05, 4.69) is 15.9 Å². The Hall–Kier alpha value is -1.56. The zero-order valence-electron chi connectivity index (χ0n) is 9.94. The summed E-state index contributed by atoms with van der Waals surface area (Å²) in [6.45, 7) is 0.00925. The van der Waals surface area contributed by atoms with Crippen molar-refractivity contribution in [2.45, 2.75) is 24.7 Å². The van der Waals surface area contributed by atoms with Gasteiger partial charge in [0, 0.05) is 10.0 Å². The Labute approximate surface area is 117 Å². The van der Waals surface area contributed by atoms with Gasteiger partial charge >= 0.3 is 5.97 Å². The summed E-state index contributed by atoms with van der Waals surface area (Å²) in [5.74, 6) is -0.124. The summed E-state index contributed by atoms with van der Waals surface area (Å²) in [7, 11) is 0. The number of benzene rings is 1. The van der Waals surface area contributed by atoms with Gasteiger partial charge in [-0.05, 0) is 34.8 Å². The Morgan fingerprint density at radius 2 is 2.05 bits per heavy atom. The molecule has 0 aromatic heterocycles. The molecule has 1 N–H and O–H groups in total. The molecule has 1 aliphatic heterocycles. The van der Waals surface area contributed by atoms with Gasteiger partial charge in [-0.2, -0.15) is 0 Å². The van der Waals surface area contributed by atoms with Gasteiger partial charge in [0.2, 0.25) is 6.79 Å². The standard InChI is InChI=1S/C13H11BrO5/c14-9-4-8(13(12(16)17)2-1-3-13)11-10(7(9)5-15)18-6-19-11/h4-5H,1-3,6H2,(H,16,17). The highest BCUT2D eigenvalue weighted by Crippen LogP contribution is 2.53. The lowest BCUT2D eigenvalue weighted by Crippen LogP contribution is -2.42. The van der Waals surface area contributed by atoms with Gasteiger partial charge in [0.15, 0.2) is 17.8 Å². The quantitative estimate of drug-likeness (QED) is 0.864. The van der Waals surface area contributed by atoms with E-state index in [9.17, 15) is 14.7 Å². The molecule has 6 heteroatoms. The molecule has 0 saturated heterocycles. The van der Waals surface area contributed by atoms with Crippen molar-refractivity contribution in [1.82, 2.24) is 0 Å². The third-order valence-corrected chi connectivity index (χ3v) is 4.54. The average molecular weight is 327 g/mol. The van der Waals surface area contributed by atoms with E-state index in [4.69, 9.17) is 9.47 Å². The maximum atomic E-state index is 11.6. The molecule has 0 radical (unpaired) electrons. The lowest BCUT2D eigenvalue weighted by molar-refractivity contribution is -0.147. The number of rotatable bonds is 3. The number of carboxylic acids is 1. The van der Waals surface area contributed by atoms with Crippen molar-refractivity contribution in [3.05, 3.63) is 21.7 Å². The average Bonchev–Trinajstić information content (AvgIpc) is 2.76. The van der Waals surface area contributed by atoms with Crippen LogP contribution in [0.15, 0.2) is 10.5 Å². The van der Waals surface area contributed by atoms with Crippen LogP contribution in [-0.2, 0) is 10.2 Å². The highest BCUT2D eigenvalue weighted by molar-refractivity contribution is 9.10. The summed E-state index contributed by atoms with van der Waals surface area (Å²) < 4.78 is 11.2. The van der Waals surface area contributed by atoms with Crippen LogP contribution in [0.25, 0.3) is 0 Å². The van der Waals surface area contributed by atoms with Crippen LogP contribution in [0.5, 0.6) is 11.5 Å². The first-order valence-corrected chi connectivity index (χ1v) is 6.70. The Kier molecular flexibility index (Phi) is 2.78. The van der Waals surface area contributed by atoms with Crippen LogP contribution in [0.2, 0.25) is 0 Å². The summed E-state index contributed by atoms with van der Waals surface area (Å²) in [5.41, 5.74) is 0.0363. The number of aliphatic carboxylic acids is 1. The number of halogens is 1. The molecule has 0 spiro atoms. The number of carboxylic acid groups (broad SMARTS) is 1.